The normalized spacial score (nSPS) is 10.0. The highest BCUT2D eigenvalue weighted by Crippen LogP contribution is 2.21. The van der Waals surface area contributed by atoms with Gasteiger partial charge in [-0.1, -0.05) is 0 Å². The molecule has 0 heterocycles. The fraction of sp³-hybridized carbons (Fsp3) is 0.300. The number of benzene rings is 1. The van der Waals surface area contributed by atoms with Crippen molar-refractivity contribution < 1.29 is 15.0 Å². The molecule has 0 saturated heterocycles. The minimum Gasteiger partial charge on any atom is -0.508 e. The second-order valence-electron chi connectivity index (χ2n) is 3.14. The Morgan fingerprint density at radius 1 is 1.43 bits per heavy atom. The SMILES string of the molecule is Nc1ccc(O)c(CCCC(=O)O)c1. The van der Waals surface area contributed by atoms with Crippen molar-refractivity contribution in [1.29, 1.82) is 0 Å². The number of carboxylic acids is 1. The summed E-state index contributed by atoms with van der Waals surface area (Å²) in [6.07, 6.45) is 1.14. The number of nitrogen functional groups attached to an aromatic ring is 1. The van der Waals surface area contributed by atoms with Crippen molar-refractivity contribution in [2.75, 3.05) is 5.73 Å². The minimum atomic E-state index is -0.826. The van der Waals surface area contributed by atoms with Crippen LogP contribution in [0.1, 0.15) is 18.4 Å². The van der Waals surface area contributed by atoms with E-state index in [1.807, 2.05) is 0 Å². The highest BCUT2D eigenvalue weighted by Gasteiger charge is 2.03. The fourth-order valence-corrected chi connectivity index (χ4v) is 1.24. The van der Waals surface area contributed by atoms with Gasteiger partial charge in [-0.15, -0.1) is 0 Å². The van der Waals surface area contributed by atoms with Crippen molar-refractivity contribution in [2.24, 2.45) is 0 Å². The molecule has 0 saturated carbocycles. The summed E-state index contributed by atoms with van der Waals surface area (Å²) in [5.41, 5.74) is 6.81. The summed E-state index contributed by atoms with van der Waals surface area (Å²) in [5, 5.41) is 17.8. The molecule has 0 bridgehead atoms. The van der Waals surface area contributed by atoms with E-state index >= 15 is 0 Å². The van der Waals surface area contributed by atoms with Crippen LogP contribution in [0.3, 0.4) is 0 Å². The van der Waals surface area contributed by atoms with Gasteiger partial charge in [-0.2, -0.15) is 0 Å². The zero-order valence-electron chi connectivity index (χ0n) is 7.73. The van der Waals surface area contributed by atoms with Crippen LogP contribution in [-0.4, -0.2) is 16.2 Å². The number of anilines is 1. The van der Waals surface area contributed by atoms with Crippen LogP contribution in [0.4, 0.5) is 5.69 Å². The lowest BCUT2D eigenvalue weighted by Crippen LogP contribution is -1.96. The Hall–Kier alpha value is -1.71. The quantitative estimate of drug-likeness (QED) is 0.500. The van der Waals surface area contributed by atoms with E-state index in [1.165, 1.54) is 6.07 Å². The predicted molar refractivity (Wildman–Crippen MR) is 53.1 cm³/mol. The van der Waals surface area contributed by atoms with Gasteiger partial charge < -0.3 is 15.9 Å². The first-order chi connectivity index (χ1) is 6.59. The molecule has 0 aliphatic carbocycles. The van der Waals surface area contributed by atoms with E-state index in [1.54, 1.807) is 12.1 Å². The van der Waals surface area contributed by atoms with Gasteiger partial charge in [0, 0.05) is 12.1 Å². The van der Waals surface area contributed by atoms with Gasteiger partial charge in [0.05, 0.1) is 0 Å². The lowest BCUT2D eigenvalue weighted by molar-refractivity contribution is -0.137. The lowest BCUT2D eigenvalue weighted by atomic mass is 10.1. The van der Waals surface area contributed by atoms with Gasteiger partial charge >= 0.3 is 5.97 Å². The Balaban J connectivity index is 2.57. The number of phenolic OH excluding ortho intramolecular Hbond substituents is 1. The molecule has 1 aromatic carbocycles. The number of carbonyl (C=O) groups is 1. The summed E-state index contributed by atoms with van der Waals surface area (Å²) in [4.78, 5) is 10.3. The fourth-order valence-electron chi connectivity index (χ4n) is 1.24. The molecular weight excluding hydrogens is 182 g/mol. The molecule has 0 amide bonds. The molecule has 0 fully saturated rings. The third kappa shape index (κ3) is 2.97. The molecule has 1 rings (SSSR count). The number of carboxylic acid groups (broad SMARTS) is 1. The van der Waals surface area contributed by atoms with Crippen LogP contribution in [0.2, 0.25) is 0 Å². The maximum atomic E-state index is 10.3. The molecule has 4 nitrogen and oxygen atoms in total. The lowest BCUT2D eigenvalue weighted by Gasteiger charge is -2.04. The monoisotopic (exact) mass is 195 g/mol. The van der Waals surface area contributed by atoms with Gasteiger partial charge in [-0.05, 0) is 36.6 Å². The highest BCUT2D eigenvalue weighted by atomic mass is 16.4. The Labute approximate surface area is 82.0 Å². The van der Waals surface area contributed by atoms with Crippen molar-refractivity contribution in [1.82, 2.24) is 0 Å². The largest absolute Gasteiger partial charge is 0.508 e. The smallest absolute Gasteiger partial charge is 0.303 e. The summed E-state index contributed by atoms with van der Waals surface area (Å²) in [5.74, 6) is -0.655. The first-order valence-electron chi connectivity index (χ1n) is 4.39. The Bertz CT molecular complexity index is 336. The average Bonchev–Trinajstić information content (AvgIpc) is 2.10. The molecule has 0 atom stereocenters. The van der Waals surface area contributed by atoms with Crippen LogP contribution in [-0.2, 0) is 11.2 Å². The topological polar surface area (TPSA) is 83.5 Å². The maximum absolute atomic E-state index is 10.3. The molecule has 0 radical (unpaired) electrons. The van der Waals surface area contributed by atoms with Gasteiger partial charge in [-0.25, -0.2) is 0 Å². The molecule has 0 spiro atoms. The number of rotatable bonds is 4. The number of hydrogen-bond donors (Lipinski definition) is 3. The van der Waals surface area contributed by atoms with Crippen molar-refractivity contribution in [3.8, 4) is 5.75 Å². The van der Waals surface area contributed by atoms with Crippen LogP contribution in [0.5, 0.6) is 5.75 Å². The van der Waals surface area contributed by atoms with Crippen LogP contribution < -0.4 is 5.73 Å². The first kappa shape index (κ1) is 10.4. The zero-order valence-corrected chi connectivity index (χ0v) is 7.73. The molecule has 1 aromatic rings. The molecule has 0 aromatic heterocycles. The molecule has 76 valence electrons. The summed E-state index contributed by atoms with van der Waals surface area (Å²) in [6.45, 7) is 0. The minimum absolute atomic E-state index is 0.105. The van der Waals surface area contributed by atoms with E-state index in [0.717, 1.165) is 0 Å². The Morgan fingerprint density at radius 2 is 2.14 bits per heavy atom. The van der Waals surface area contributed by atoms with Crippen molar-refractivity contribution in [3.05, 3.63) is 23.8 Å². The van der Waals surface area contributed by atoms with Gasteiger partial charge in [-0.3, -0.25) is 4.79 Å². The third-order valence-electron chi connectivity index (χ3n) is 1.94. The van der Waals surface area contributed by atoms with Crippen molar-refractivity contribution in [2.45, 2.75) is 19.3 Å². The highest BCUT2D eigenvalue weighted by molar-refractivity contribution is 5.66. The van der Waals surface area contributed by atoms with E-state index in [9.17, 15) is 9.90 Å². The van der Waals surface area contributed by atoms with E-state index in [2.05, 4.69) is 0 Å². The number of aromatic hydroxyl groups is 1. The predicted octanol–water partition coefficient (Wildman–Crippen LogP) is 1.38. The second-order valence-corrected chi connectivity index (χ2v) is 3.14. The summed E-state index contributed by atoms with van der Waals surface area (Å²) in [7, 11) is 0. The number of hydrogen-bond acceptors (Lipinski definition) is 3. The number of phenols is 1. The van der Waals surface area contributed by atoms with Crippen LogP contribution in [0.25, 0.3) is 0 Å². The van der Waals surface area contributed by atoms with E-state index in [4.69, 9.17) is 10.8 Å². The molecule has 0 unspecified atom stereocenters. The average molecular weight is 195 g/mol. The van der Waals surface area contributed by atoms with Crippen LogP contribution in [0.15, 0.2) is 18.2 Å². The third-order valence-corrected chi connectivity index (χ3v) is 1.94. The van der Waals surface area contributed by atoms with E-state index in [0.29, 0.717) is 24.1 Å². The van der Waals surface area contributed by atoms with Crippen molar-refractivity contribution in [3.63, 3.8) is 0 Å². The van der Waals surface area contributed by atoms with Gasteiger partial charge in [0.1, 0.15) is 5.75 Å². The zero-order chi connectivity index (χ0) is 10.6. The van der Waals surface area contributed by atoms with Gasteiger partial charge in [0.25, 0.3) is 0 Å². The van der Waals surface area contributed by atoms with Crippen LogP contribution in [0, 0.1) is 0 Å². The molecule has 14 heavy (non-hydrogen) atoms. The van der Waals surface area contributed by atoms with E-state index < -0.39 is 5.97 Å². The summed E-state index contributed by atoms with van der Waals surface area (Å²) >= 11 is 0. The molecular formula is C10H13NO3. The first-order valence-corrected chi connectivity index (χ1v) is 4.39. The van der Waals surface area contributed by atoms with Crippen molar-refractivity contribution >= 4 is 11.7 Å². The molecule has 4 N–H and O–H groups in total. The van der Waals surface area contributed by atoms with Crippen LogP contribution >= 0.6 is 0 Å². The maximum Gasteiger partial charge on any atom is 0.303 e. The molecule has 4 heteroatoms. The molecule has 0 aliphatic heterocycles. The number of aliphatic carboxylic acids is 1. The second kappa shape index (κ2) is 4.50. The summed E-state index contributed by atoms with van der Waals surface area (Å²) in [6, 6.07) is 4.79. The van der Waals surface area contributed by atoms with Gasteiger partial charge in [0.15, 0.2) is 0 Å². The number of nitrogens with two attached hydrogens (primary N) is 1. The van der Waals surface area contributed by atoms with Gasteiger partial charge in [0.2, 0.25) is 0 Å². The number of aryl methyl sites for hydroxylation is 1. The summed E-state index contributed by atoms with van der Waals surface area (Å²) < 4.78 is 0. The molecule has 0 aliphatic rings. The Kier molecular flexibility index (Phi) is 3.34. The standard InChI is InChI=1S/C10H13NO3/c11-8-4-5-9(12)7(6-8)2-1-3-10(13)14/h4-6,12H,1-3,11H2,(H,13,14). The van der Waals surface area contributed by atoms with E-state index in [-0.39, 0.29) is 12.2 Å². The Morgan fingerprint density at radius 3 is 2.79 bits per heavy atom.